The highest BCUT2D eigenvalue weighted by Crippen LogP contribution is 2.38. The van der Waals surface area contributed by atoms with Crippen LogP contribution in [0.25, 0.3) is 33.1 Å². The number of carbonyl (C=O) groups is 2. The van der Waals surface area contributed by atoms with E-state index in [0.717, 1.165) is 57.6 Å². The normalized spacial score (nSPS) is 11.1. The molecule has 0 spiro atoms. The van der Waals surface area contributed by atoms with Crippen LogP contribution in [0.2, 0.25) is 0 Å². The quantitative estimate of drug-likeness (QED) is 0.202. The Bertz CT molecular complexity index is 1620. The number of hydrogen-bond donors (Lipinski definition) is 3. The molecule has 3 N–H and O–H groups in total. The topological polar surface area (TPSA) is 118 Å². The maximum Gasteiger partial charge on any atom is 0.353 e. The Hall–Kier alpha value is -4.44. The predicted molar refractivity (Wildman–Crippen MR) is 149 cm³/mol. The Morgan fingerprint density at radius 1 is 1.03 bits per heavy atom. The van der Waals surface area contributed by atoms with E-state index in [1.54, 1.807) is 29.9 Å². The molecule has 3 aromatic carbocycles. The molecule has 9 nitrogen and oxygen atoms in total. The number of aromatic nitrogens is 3. The molecule has 0 bridgehead atoms. The number of fused-ring (bicyclic) bond motifs is 2. The van der Waals surface area contributed by atoms with Gasteiger partial charge in [-0.25, -0.2) is 9.59 Å². The lowest BCUT2D eigenvalue weighted by Crippen LogP contribution is -2.29. The zero-order valence-electron chi connectivity index (χ0n) is 21.0. The summed E-state index contributed by atoms with van der Waals surface area (Å²) >= 11 is 1.14. The number of methoxy groups -OCH3 is 1. The van der Waals surface area contributed by atoms with Crippen LogP contribution >= 0.6 is 11.7 Å². The van der Waals surface area contributed by atoms with Gasteiger partial charge in [-0.15, -0.1) is 0 Å². The summed E-state index contributed by atoms with van der Waals surface area (Å²) in [6.07, 6.45) is 1.87. The molecule has 0 aliphatic carbocycles. The molecule has 0 aliphatic rings. The minimum atomic E-state index is -1.05. The number of ether oxygens (including phenoxy) is 1. The van der Waals surface area contributed by atoms with Crippen molar-refractivity contribution in [3.63, 3.8) is 0 Å². The molecule has 0 saturated carbocycles. The van der Waals surface area contributed by atoms with Crippen LogP contribution in [0.1, 0.15) is 35.8 Å². The van der Waals surface area contributed by atoms with E-state index in [-0.39, 0.29) is 11.7 Å². The van der Waals surface area contributed by atoms with Crippen LogP contribution in [0.4, 0.5) is 10.5 Å². The second-order valence-electron chi connectivity index (χ2n) is 8.90. The molecule has 2 heterocycles. The number of amides is 2. The third-order valence-corrected chi connectivity index (χ3v) is 6.93. The van der Waals surface area contributed by atoms with Gasteiger partial charge < -0.3 is 25.0 Å². The number of unbranched alkanes of at least 4 members (excludes halogenated alkanes) is 1. The first-order valence-electron chi connectivity index (χ1n) is 12.3. The third kappa shape index (κ3) is 5.03. The highest BCUT2D eigenvalue weighted by atomic mass is 32.1. The van der Waals surface area contributed by atoms with Crippen molar-refractivity contribution in [3.05, 3.63) is 71.9 Å². The summed E-state index contributed by atoms with van der Waals surface area (Å²) in [4.78, 5) is 25.1. The molecule has 38 heavy (non-hydrogen) atoms. The fourth-order valence-corrected chi connectivity index (χ4v) is 5.05. The van der Waals surface area contributed by atoms with Crippen molar-refractivity contribution in [2.75, 3.05) is 19.0 Å². The number of benzene rings is 3. The SMILES string of the molecule is CCCCNC(=O)Nc1ccc2c(c1)c(-c1ccc(OC)cc1)c(C(=O)O)n2Cc1ccc2nsnc2c1. The van der Waals surface area contributed by atoms with Gasteiger partial charge in [0.15, 0.2) is 0 Å². The summed E-state index contributed by atoms with van der Waals surface area (Å²) in [5.74, 6) is -0.374. The zero-order valence-corrected chi connectivity index (χ0v) is 21.8. The van der Waals surface area contributed by atoms with Crippen molar-refractivity contribution in [1.82, 2.24) is 18.6 Å². The van der Waals surface area contributed by atoms with Crippen LogP contribution in [0, 0.1) is 0 Å². The number of hydrogen-bond acceptors (Lipinski definition) is 6. The second-order valence-corrected chi connectivity index (χ2v) is 9.43. The summed E-state index contributed by atoms with van der Waals surface area (Å²) in [7, 11) is 1.59. The average Bonchev–Trinajstić information content (AvgIpc) is 3.51. The van der Waals surface area contributed by atoms with Crippen LogP contribution in [0.15, 0.2) is 60.7 Å². The first kappa shape index (κ1) is 25.2. The highest BCUT2D eigenvalue weighted by Gasteiger charge is 2.24. The van der Waals surface area contributed by atoms with E-state index < -0.39 is 5.97 Å². The lowest BCUT2D eigenvalue weighted by atomic mass is 10.0. The molecule has 0 radical (unpaired) electrons. The maximum absolute atomic E-state index is 12.7. The van der Waals surface area contributed by atoms with Crippen LogP contribution in [0.3, 0.4) is 0 Å². The number of nitrogens with zero attached hydrogens (tertiary/aromatic N) is 3. The zero-order chi connectivity index (χ0) is 26.6. The molecule has 194 valence electrons. The molecule has 0 atom stereocenters. The molecule has 0 fully saturated rings. The molecule has 5 rings (SSSR count). The third-order valence-electron chi connectivity index (χ3n) is 6.38. The van der Waals surface area contributed by atoms with E-state index in [1.807, 2.05) is 42.5 Å². The molecule has 0 aliphatic heterocycles. The van der Waals surface area contributed by atoms with Gasteiger partial charge in [-0.05, 0) is 60.0 Å². The van der Waals surface area contributed by atoms with E-state index in [9.17, 15) is 14.7 Å². The predicted octanol–water partition coefficient (Wildman–Crippen LogP) is 5.99. The van der Waals surface area contributed by atoms with Gasteiger partial charge in [-0.2, -0.15) is 8.75 Å². The van der Waals surface area contributed by atoms with E-state index in [0.29, 0.717) is 30.1 Å². The number of rotatable bonds is 9. The Labute approximate surface area is 223 Å². The average molecular weight is 530 g/mol. The van der Waals surface area contributed by atoms with E-state index in [1.165, 1.54) is 0 Å². The minimum Gasteiger partial charge on any atom is -0.497 e. The van der Waals surface area contributed by atoms with Crippen molar-refractivity contribution < 1.29 is 19.4 Å². The fraction of sp³-hybridized carbons (Fsp3) is 0.214. The monoisotopic (exact) mass is 529 g/mol. The van der Waals surface area contributed by atoms with Crippen molar-refractivity contribution in [2.24, 2.45) is 0 Å². The summed E-state index contributed by atoms with van der Waals surface area (Å²) in [5.41, 5.74) is 5.26. The Kier molecular flexibility index (Phi) is 7.23. The molecular formula is C28H27N5O4S. The minimum absolute atomic E-state index is 0.159. The van der Waals surface area contributed by atoms with Gasteiger partial charge in [-0.1, -0.05) is 31.5 Å². The number of carboxylic acids is 1. The Morgan fingerprint density at radius 3 is 2.55 bits per heavy atom. The first-order valence-corrected chi connectivity index (χ1v) is 13.0. The van der Waals surface area contributed by atoms with Crippen LogP contribution < -0.4 is 15.4 Å². The van der Waals surface area contributed by atoms with Gasteiger partial charge in [0.2, 0.25) is 0 Å². The smallest absolute Gasteiger partial charge is 0.353 e. The number of aromatic carboxylic acids is 1. The number of carbonyl (C=O) groups excluding carboxylic acids is 1. The van der Waals surface area contributed by atoms with Gasteiger partial charge in [-0.3, -0.25) is 0 Å². The Morgan fingerprint density at radius 2 is 1.82 bits per heavy atom. The van der Waals surface area contributed by atoms with Crippen molar-refractivity contribution in [3.8, 4) is 16.9 Å². The highest BCUT2D eigenvalue weighted by molar-refractivity contribution is 7.00. The summed E-state index contributed by atoms with van der Waals surface area (Å²) < 4.78 is 15.7. The lowest BCUT2D eigenvalue weighted by molar-refractivity contribution is 0.0687. The summed E-state index contributed by atoms with van der Waals surface area (Å²) in [6, 6.07) is 18.2. The number of carboxylic acid groups (broad SMARTS) is 1. The van der Waals surface area contributed by atoms with E-state index in [2.05, 4.69) is 26.3 Å². The van der Waals surface area contributed by atoms with Gasteiger partial charge in [0, 0.05) is 35.2 Å². The molecule has 2 aromatic heterocycles. The molecule has 0 saturated heterocycles. The van der Waals surface area contributed by atoms with Crippen molar-refractivity contribution >= 4 is 51.4 Å². The number of urea groups is 1. The van der Waals surface area contributed by atoms with E-state index >= 15 is 0 Å². The summed E-state index contributed by atoms with van der Waals surface area (Å²) in [5, 5.41) is 16.9. The molecule has 10 heteroatoms. The van der Waals surface area contributed by atoms with Crippen molar-refractivity contribution in [1.29, 1.82) is 0 Å². The first-order chi connectivity index (χ1) is 18.5. The molecular weight excluding hydrogens is 502 g/mol. The molecule has 5 aromatic rings. The number of nitrogens with one attached hydrogen (secondary N) is 2. The maximum atomic E-state index is 12.7. The van der Waals surface area contributed by atoms with E-state index in [4.69, 9.17) is 4.74 Å². The van der Waals surface area contributed by atoms with Gasteiger partial charge >= 0.3 is 12.0 Å². The van der Waals surface area contributed by atoms with Crippen LogP contribution in [-0.2, 0) is 6.54 Å². The Balaban J connectivity index is 1.64. The lowest BCUT2D eigenvalue weighted by Gasteiger charge is -2.10. The fourth-order valence-electron chi connectivity index (χ4n) is 4.53. The standard InChI is InChI=1S/C28H27N5O4S/c1-3-4-13-29-28(36)30-19-8-12-24-21(15-19)25(18-6-9-20(37-2)10-7-18)26(27(34)35)33(24)16-17-5-11-22-23(14-17)32-38-31-22/h5-12,14-15H,3-4,13,16H2,1-2H3,(H,34,35)(H2,29,30,36). The largest absolute Gasteiger partial charge is 0.497 e. The van der Waals surface area contributed by atoms with Crippen LogP contribution in [0.5, 0.6) is 5.75 Å². The van der Waals surface area contributed by atoms with Gasteiger partial charge in [0.25, 0.3) is 0 Å². The van der Waals surface area contributed by atoms with Crippen molar-refractivity contribution in [2.45, 2.75) is 26.3 Å². The van der Waals surface area contributed by atoms with Gasteiger partial charge in [0.1, 0.15) is 22.5 Å². The van der Waals surface area contributed by atoms with Gasteiger partial charge in [0.05, 0.1) is 18.8 Å². The number of anilines is 1. The summed E-state index contributed by atoms with van der Waals surface area (Å²) in [6.45, 7) is 2.97. The van der Waals surface area contributed by atoms with Crippen LogP contribution in [-0.4, -0.2) is 44.1 Å². The molecule has 2 amide bonds. The second kappa shape index (κ2) is 10.9. The molecule has 0 unspecified atom stereocenters.